The van der Waals surface area contributed by atoms with Crippen molar-refractivity contribution in [3.63, 3.8) is 0 Å². The molecule has 0 aliphatic rings. The molecule has 0 bridgehead atoms. The van der Waals surface area contributed by atoms with Crippen LogP contribution in [-0.2, 0) is 14.3 Å². The molecule has 0 heterocycles. The summed E-state index contributed by atoms with van der Waals surface area (Å²) < 4.78 is 5.51. The highest BCUT2D eigenvalue weighted by Crippen LogP contribution is 2.21. The third kappa shape index (κ3) is 73.6. The van der Waals surface area contributed by atoms with Gasteiger partial charge in [0, 0.05) is 12.8 Å². The molecular formula is C82H161NO5. The molecule has 0 aliphatic carbocycles. The highest BCUT2D eigenvalue weighted by molar-refractivity contribution is 5.76. The van der Waals surface area contributed by atoms with Crippen LogP contribution in [0.4, 0.5) is 0 Å². The zero-order valence-electron chi connectivity index (χ0n) is 60.3. The lowest BCUT2D eigenvalue weighted by Gasteiger charge is -2.22. The Balaban J connectivity index is 3.31. The number of hydrogen-bond donors (Lipinski definition) is 3. The molecule has 1 amide bonds. The Morgan fingerprint density at radius 2 is 0.534 bits per heavy atom. The largest absolute Gasteiger partial charge is 0.466 e. The van der Waals surface area contributed by atoms with Crippen LogP contribution in [0.3, 0.4) is 0 Å². The van der Waals surface area contributed by atoms with Crippen molar-refractivity contribution >= 4 is 11.9 Å². The third-order valence-corrected chi connectivity index (χ3v) is 19.6. The Kier molecular flexibility index (Phi) is 76.8. The highest BCUT2D eigenvalue weighted by Gasteiger charge is 2.20. The van der Waals surface area contributed by atoms with E-state index in [9.17, 15) is 19.8 Å². The summed E-state index contributed by atoms with van der Waals surface area (Å²) in [6.45, 7) is 5.02. The number of nitrogens with one attached hydrogen (secondary N) is 1. The summed E-state index contributed by atoms with van der Waals surface area (Å²) in [5.74, 6) is 0.000284. The molecule has 0 spiro atoms. The summed E-state index contributed by atoms with van der Waals surface area (Å²) >= 11 is 0. The minimum Gasteiger partial charge on any atom is -0.466 e. The van der Waals surface area contributed by atoms with Gasteiger partial charge >= 0.3 is 5.97 Å². The standard InChI is InChI=1S/C82H161NO5/c1-3-5-7-9-11-13-15-17-19-21-43-46-50-54-58-62-66-70-74-80(85)79(78-84)83-81(86)75-71-67-63-59-55-51-47-44-41-39-37-35-33-31-29-27-25-23-22-24-26-28-30-32-34-36-38-40-42-45-49-53-57-61-65-69-73-77-88-82(87)76-72-68-64-60-56-52-48-20-18-16-14-12-10-8-6-4-2/h22,24,79-80,84-85H,3-21,23,25-78H2,1-2H3,(H,83,86)/b24-22-. The van der Waals surface area contributed by atoms with Crippen molar-refractivity contribution in [3.8, 4) is 0 Å². The number of rotatable bonds is 78. The van der Waals surface area contributed by atoms with E-state index in [1.54, 1.807) is 0 Å². The number of hydrogen-bond acceptors (Lipinski definition) is 5. The lowest BCUT2D eigenvalue weighted by molar-refractivity contribution is -0.143. The molecule has 0 fully saturated rings. The first-order valence-electron chi connectivity index (χ1n) is 40.9. The molecule has 2 unspecified atom stereocenters. The first-order chi connectivity index (χ1) is 43.5. The zero-order valence-corrected chi connectivity index (χ0v) is 60.3. The van der Waals surface area contributed by atoms with E-state index in [2.05, 4.69) is 31.3 Å². The zero-order chi connectivity index (χ0) is 63.5. The summed E-state index contributed by atoms with van der Waals surface area (Å²) in [7, 11) is 0. The van der Waals surface area contributed by atoms with Crippen LogP contribution in [0.1, 0.15) is 476 Å². The molecule has 6 heteroatoms. The summed E-state index contributed by atoms with van der Waals surface area (Å²) in [5, 5.41) is 23.4. The second-order valence-corrected chi connectivity index (χ2v) is 28.5. The minimum atomic E-state index is -0.661. The van der Waals surface area contributed by atoms with E-state index in [1.807, 2.05) is 0 Å². The van der Waals surface area contributed by atoms with Crippen molar-refractivity contribution in [1.82, 2.24) is 5.32 Å². The maximum Gasteiger partial charge on any atom is 0.305 e. The van der Waals surface area contributed by atoms with Crippen LogP contribution in [0.2, 0.25) is 0 Å². The van der Waals surface area contributed by atoms with Crippen molar-refractivity contribution < 1.29 is 24.5 Å². The molecule has 3 N–H and O–H groups in total. The summed E-state index contributed by atoms with van der Waals surface area (Å²) in [6.07, 6.45) is 98.9. The quantitative estimate of drug-likeness (QED) is 0.0320. The molecule has 0 aromatic heterocycles. The normalized spacial score (nSPS) is 12.5. The highest BCUT2D eigenvalue weighted by atomic mass is 16.5. The van der Waals surface area contributed by atoms with Crippen LogP contribution in [0.25, 0.3) is 0 Å². The van der Waals surface area contributed by atoms with Gasteiger partial charge in [0.2, 0.25) is 5.91 Å². The average molecular weight is 1240 g/mol. The molecule has 2 atom stereocenters. The van der Waals surface area contributed by atoms with Crippen molar-refractivity contribution in [2.45, 2.75) is 488 Å². The van der Waals surface area contributed by atoms with Gasteiger partial charge in [-0.15, -0.1) is 0 Å². The fourth-order valence-corrected chi connectivity index (χ4v) is 13.3. The second-order valence-electron chi connectivity index (χ2n) is 28.5. The van der Waals surface area contributed by atoms with Crippen LogP contribution in [0.5, 0.6) is 0 Å². The van der Waals surface area contributed by atoms with E-state index >= 15 is 0 Å². The fourth-order valence-electron chi connectivity index (χ4n) is 13.3. The molecule has 524 valence electrons. The predicted molar refractivity (Wildman–Crippen MR) is 389 cm³/mol. The number of allylic oxidation sites excluding steroid dienone is 2. The van der Waals surface area contributed by atoms with Gasteiger partial charge in [0.15, 0.2) is 0 Å². The predicted octanol–water partition coefficient (Wildman–Crippen LogP) is 27.1. The van der Waals surface area contributed by atoms with E-state index in [-0.39, 0.29) is 18.5 Å². The Bertz CT molecular complexity index is 1340. The number of carbonyl (C=O) groups is 2. The molecule has 0 saturated carbocycles. The number of aliphatic hydroxyl groups is 2. The first-order valence-corrected chi connectivity index (χ1v) is 40.9. The van der Waals surface area contributed by atoms with Gasteiger partial charge in [-0.2, -0.15) is 0 Å². The van der Waals surface area contributed by atoms with Crippen LogP contribution >= 0.6 is 0 Å². The smallest absolute Gasteiger partial charge is 0.305 e. The SMILES string of the molecule is CCCCCCCCCCCCCCCCCCCCC(O)C(CO)NC(=O)CCCCCCCCCCCCCCCCCCC/C=C\CCCCCCCCCCCCCCCCCCOC(=O)CCCCCCCCCCCCCCCCCC. The molecule has 0 aromatic rings. The number of aliphatic hydroxyl groups excluding tert-OH is 2. The number of esters is 1. The maximum atomic E-state index is 12.5. The number of ether oxygens (including phenoxy) is 1. The summed E-state index contributed by atoms with van der Waals surface area (Å²) in [4.78, 5) is 24.7. The molecular weight excluding hydrogens is 1080 g/mol. The lowest BCUT2D eigenvalue weighted by Crippen LogP contribution is -2.45. The van der Waals surface area contributed by atoms with Gasteiger partial charge in [0.05, 0.1) is 25.4 Å². The fraction of sp³-hybridized carbons (Fsp3) is 0.951. The monoisotopic (exact) mass is 1240 g/mol. The van der Waals surface area contributed by atoms with Gasteiger partial charge in [-0.05, 0) is 51.4 Å². The molecule has 0 aliphatic heterocycles. The lowest BCUT2D eigenvalue weighted by atomic mass is 10.0. The van der Waals surface area contributed by atoms with Gasteiger partial charge in [0.25, 0.3) is 0 Å². The van der Waals surface area contributed by atoms with E-state index in [1.165, 1.54) is 405 Å². The van der Waals surface area contributed by atoms with E-state index in [4.69, 9.17) is 4.74 Å². The van der Waals surface area contributed by atoms with Gasteiger partial charge in [-0.25, -0.2) is 0 Å². The average Bonchev–Trinajstić information content (AvgIpc) is 3.58. The number of amides is 1. The first kappa shape index (κ1) is 86.6. The molecule has 0 rings (SSSR count). The molecule has 88 heavy (non-hydrogen) atoms. The van der Waals surface area contributed by atoms with Crippen molar-refractivity contribution in [3.05, 3.63) is 12.2 Å². The number of carbonyl (C=O) groups excluding carboxylic acids is 2. The Hall–Kier alpha value is -1.40. The molecule has 0 saturated heterocycles. The van der Waals surface area contributed by atoms with E-state index < -0.39 is 12.1 Å². The minimum absolute atomic E-state index is 0.0259. The van der Waals surface area contributed by atoms with Crippen molar-refractivity contribution in [2.24, 2.45) is 0 Å². The van der Waals surface area contributed by atoms with Gasteiger partial charge in [-0.3, -0.25) is 9.59 Å². The second kappa shape index (κ2) is 78.0. The van der Waals surface area contributed by atoms with Crippen LogP contribution in [-0.4, -0.2) is 47.4 Å². The van der Waals surface area contributed by atoms with Crippen LogP contribution in [0, 0.1) is 0 Å². The summed E-state index contributed by atoms with van der Waals surface area (Å²) in [5.41, 5.74) is 0. The Labute approximate surface area is 552 Å². The topological polar surface area (TPSA) is 95.9 Å². The molecule has 0 radical (unpaired) electrons. The summed E-state index contributed by atoms with van der Waals surface area (Å²) in [6, 6.07) is -0.538. The van der Waals surface area contributed by atoms with Crippen molar-refractivity contribution in [1.29, 1.82) is 0 Å². The maximum absolute atomic E-state index is 12.5. The number of unbranched alkanes of at least 4 members (excludes halogenated alkanes) is 65. The van der Waals surface area contributed by atoms with Gasteiger partial charge in [-0.1, -0.05) is 424 Å². The Morgan fingerprint density at radius 3 is 0.807 bits per heavy atom. The van der Waals surface area contributed by atoms with E-state index in [0.717, 1.165) is 38.5 Å². The third-order valence-electron chi connectivity index (χ3n) is 19.6. The molecule has 0 aromatic carbocycles. The van der Waals surface area contributed by atoms with Crippen molar-refractivity contribution in [2.75, 3.05) is 13.2 Å². The molecule has 6 nitrogen and oxygen atoms in total. The van der Waals surface area contributed by atoms with E-state index in [0.29, 0.717) is 25.9 Å². The van der Waals surface area contributed by atoms with Gasteiger partial charge in [0.1, 0.15) is 0 Å². The van der Waals surface area contributed by atoms with Gasteiger partial charge < -0.3 is 20.3 Å². The van der Waals surface area contributed by atoms with Crippen LogP contribution < -0.4 is 5.32 Å². The Morgan fingerprint density at radius 1 is 0.307 bits per heavy atom. The van der Waals surface area contributed by atoms with Crippen LogP contribution in [0.15, 0.2) is 12.2 Å².